The number of ketones is 1. The van der Waals surface area contributed by atoms with Gasteiger partial charge in [0.2, 0.25) is 11.8 Å². The fourth-order valence-corrected chi connectivity index (χ4v) is 5.89. The Morgan fingerprint density at radius 1 is 1.02 bits per heavy atom. The van der Waals surface area contributed by atoms with E-state index in [1.54, 1.807) is 40.4 Å². The number of nitrogens with zero attached hydrogens (tertiary/aromatic N) is 7. The molecule has 1 saturated heterocycles. The van der Waals surface area contributed by atoms with Gasteiger partial charge in [0.15, 0.2) is 5.78 Å². The van der Waals surface area contributed by atoms with Gasteiger partial charge < -0.3 is 10.2 Å². The molecule has 4 aromatic rings. The van der Waals surface area contributed by atoms with Crippen LogP contribution in [0.3, 0.4) is 0 Å². The zero-order chi connectivity index (χ0) is 28.2. The first kappa shape index (κ1) is 25.7. The highest BCUT2D eigenvalue weighted by molar-refractivity contribution is 6.07. The number of piperidine rings is 1. The van der Waals surface area contributed by atoms with Crippen LogP contribution in [0, 0.1) is 19.3 Å². The quantitative estimate of drug-likeness (QED) is 0.355. The van der Waals surface area contributed by atoms with Gasteiger partial charge in [0.1, 0.15) is 29.9 Å². The molecule has 3 atom stereocenters. The number of carbonyl (C=O) groups is 3. The van der Waals surface area contributed by atoms with Crippen molar-refractivity contribution in [2.24, 2.45) is 5.41 Å². The normalized spacial score (nSPS) is 21.4. The maximum Gasteiger partial charge on any atom is 0.245 e. The minimum absolute atomic E-state index is 0.00654. The summed E-state index contributed by atoms with van der Waals surface area (Å²) in [6.07, 6.45) is 8.21. The fourth-order valence-electron chi connectivity index (χ4n) is 5.89. The van der Waals surface area contributed by atoms with E-state index < -0.39 is 6.04 Å². The molecule has 2 aliphatic rings. The van der Waals surface area contributed by atoms with Crippen molar-refractivity contribution in [3.63, 3.8) is 0 Å². The summed E-state index contributed by atoms with van der Waals surface area (Å²) in [5.74, 6) is 0.577. The summed E-state index contributed by atoms with van der Waals surface area (Å²) >= 11 is 0. The first-order chi connectivity index (χ1) is 19.1. The number of fused-ring (bicyclic) bond motifs is 2. The summed E-state index contributed by atoms with van der Waals surface area (Å²) in [5.41, 5.74) is 3.51. The van der Waals surface area contributed by atoms with Crippen LogP contribution in [-0.2, 0) is 22.7 Å². The Hall–Kier alpha value is -4.54. The molecule has 11 nitrogen and oxygen atoms in total. The van der Waals surface area contributed by atoms with Crippen LogP contribution in [-0.4, -0.2) is 64.3 Å². The van der Waals surface area contributed by atoms with Gasteiger partial charge in [-0.1, -0.05) is 6.92 Å². The second-order valence-electron chi connectivity index (χ2n) is 11.0. The standard InChI is InChI=1S/C29H30N8O3/c1-16-8-19(20-12-32-18(3)33-13-20)9-21-26(17(2)38)35-36(27(16)21)15-25(39)37-22(10-29(4)11-23(29)37)28(40)34-14-24-30-6-5-7-31-24/h5-9,12-13,22-23H,10-11,14-15H2,1-4H3,(H,34,40)/t22-,23?,29-/m0/s1. The number of aromatic nitrogens is 6. The van der Waals surface area contributed by atoms with Crippen LogP contribution in [0.4, 0.5) is 0 Å². The van der Waals surface area contributed by atoms with Gasteiger partial charge in [-0.05, 0) is 61.4 Å². The van der Waals surface area contributed by atoms with E-state index in [0.29, 0.717) is 29.1 Å². The summed E-state index contributed by atoms with van der Waals surface area (Å²) in [6.45, 7) is 7.46. The van der Waals surface area contributed by atoms with E-state index in [9.17, 15) is 14.4 Å². The van der Waals surface area contributed by atoms with Crippen molar-refractivity contribution < 1.29 is 14.4 Å². The predicted octanol–water partition coefficient (Wildman–Crippen LogP) is 2.80. The molecule has 1 saturated carbocycles. The number of aryl methyl sites for hydroxylation is 2. The van der Waals surface area contributed by atoms with Crippen LogP contribution in [0.5, 0.6) is 0 Å². The Bertz CT molecular complexity index is 1650. The molecule has 1 aliphatic carbocycles. The van der Waals surface area contributed by atoms with Gasteiger partial charge in [-0.2, -0.15) is 5.10 Å². The molecule has 2 fully saturated rings. The van der Waals surface area contributed by atoms with E-state index in [-0.39, 0.29) is 42.1 Å². The zero-order valence-corrected chi connectivity index (χ0v) is 22.9. The lowest BCUT2D eigenvalue weighted by molar-refractivity contribution is -0.140. The van der Waals surface area contributed by atoms with Crippen molar-refractivity contribution in [3.8, 4) is 11.1 Å². The van der Waals surface area contributed by atoms with Gasteiger partial charge in [0.25, 0.3) is 0 Å². The summed E-state index contributed by atoms with van der Waals surface area (Å²) in [6, 6.07) is 5.03. The Kier molecular flexibility index (Phi) is 6.16. The topological polar surface area (TPSA) is 136 Å². The van der Waals surface area contributed by atoms with Crippen molar-refractivity contribution in [1.82, 2.24) is 39.9 Å². The average molecular weight is 539 g/mol. The van der Waals surface area contributed by atoms with Crippen molar-refractivity contribution in [2.45, 2.75) is 65.7 Å². The summed E-state index contributed by atoms with van der Waals surface area (Å²) in [7, 11) is 0. The first-order valence-electron chi connectivity index (χ1n) is 13.3. The Morgan fingerprint density at radius 2 is 1.75 bits per heavy atom. The minimum atomic E-state index is -0.580. The van der Waals surface area contributed by atoms with E-state index in [1.807, 2.05) is 26.0 Å². The predicted molar refractivity (Wildman–Crippen MR) is 146 cm³/mol. The van der Waals surface area contributed by atoms with Crippen molar-refractivity contribution >= 4 is 28.5 Å². The van der Waals surface area contributed by atoms with Crippen LogP contribution in [0.1, 0.15) is 54.4 Å². The number of benzene rings is 1. The Morgan fingerprint density at radius 3 is 2.45 bits per heavy atom. The van der Waals surface area contributed by atoms with Crippen LogP contribution in [0.15, 0.2) is 43.0 Å². The molecule has 204 valence electrons. The molecule has 1 aromatic carbocycles. The van der Waals surface area contributed by atoms with E-state index in [2.05, 4.69) is 37.3 Å². The van der Waals surface area contributed by atoms with Crippen LogP contribution < -0.4 is 5.32 Å². The van der Waals surface area contributed by atoms with Crippen molar-refractivity contribution in [2.75, 3.05) is 0 Å². The van der Waals surface area contributed by atoms with E-state index >= 15 is 0 Å². The molecule has 3 aromatic heterocycles. The number of Topliss-reactive ketones (excluding diaryl/α,β-unsaturated/α-hetero) is 1. The zero-order valence-electron chi connectivity index (χ0n) is 22.9. The van der Waals surface area contributed by atoms with Crippen LogP contribution in [0.25, 0.3) is 22.0 Å². The van der Waals surface area contributed by atoms with Gasteiger partial charge in [-0.25, -0.2) is 19.9 Å². The lowest BCUT2D eigenvalue weighted by Gasteiger charge is -2.27. The third-order valence-corrected chi connectivity index (χ3v) is 8.03. The highest BCUT2D eigenvalue weighted by Gasteiger charge is 2.64. The summed E-state index contributed by atoms with van der Waals surface area (Å²) < 4.78 is 1.60. The number of hydrogen-bond acceptors (Lipinski definition) is 8. The number of likely N-dealkylation sites (tertiary alicyclic amines) is 1. The molecule has 6 rings (SSSR count). The molecular weight excluding hydrogens is 508 g/mol. The lowest BCUT2D eigenvalue weighted by atomic mass is 10.0. The van der Waals surface area contributed by atoms with Gasteiger partial charge in [-0.15, -0.1) is 0 Å². The number of carbonyl (C=O) groups excluding carboxylic acids is 3. The monoisotopic (exact) mass is 538 g/mol. The number of nitrogens with one attached hydrogen (secondary N) is 1. The fraction of sp³-hybridized carbons (Fsp3) is 0.379. The molecule has 0 radical (unpaired) electrons. The maximum atomic E-state index is 13.8. The molecule has 1 aliphatic heterocycles. The molecule has 0 spiro atoms. The van der Waals surface area contributed by atoms with Crippen molar-refractivity contribution in [3.05, 3.63) is 65.9 Å². The second kappa shape index (κ2) is 9.58. The first-order valence-corrected chi connectivity index (χ1v) is 13.3. The second-order valence-corrected chi connectivity index (χ2v) is 11.0. The largest absolute Gasteiger partial charge is 0.347 e. The van der Waals surface area contributed by atoms with Crippen LogP contribution in [0.2, 0.25) is 0 Å². The highest BCUT2D eigenvalue weighted by atomic mass is 16.2. The molecule has 11 heteroatoms. The van der Waals surface area contributed by atoms with Gasteiger partial charge >= 0.3 is 0 Å². The molecule has 2 amide bonds. The van der Waals surface area contributed by atoms with Gasteiger partial charge in [0.05, 0.1) is 12.1 Å². The van der Waals surface area contributed by atoms with Crippen molar-refractivity contribution in [1.29, 1.82) is 0 Å². The smallest absolute Gasteiger partial charge is 0.245 e. The van der Waals surface area contributed by atoms with Crippen LogP contribution >= 0.6 is 0 Å². The molecule has 0 bridgehead atoms. The van der Waals surface area contributed by atoms with E-state index in [1.165, 1.54) is 6.92 Å². The molecule has 1 unspecified atom stereocenters. The Labute approximate surface area is 231 Å². The van der Waals surface area contributed by atoms with Gasteiger partial charge in [-0.3, -0.25) is 19.1 Å². The van der Waals surface area contributed by atoms with E-state index in [0.717, 1.165) is 28.6 Å². The Balaban J connectivity index is 1.29. The molecule has 1 N–H and O–H groups in total. The lowest BCUT2D eigenvalue weighted by Crippen LogP contribution is -2.48. The summed E-state index contributed by atoms with van der Waals surface area (Å²) in [4.78, 5) is 58.2. The third kappa shape index (κ3) is 4.51. The highest BCUT2D eigenvalue weighted by Crippen LogP contribution is 2.59. The number of rotatable bonds is 7. The number of amides is 2. The molecular formula is C29H30N8O3. The SMILES string of the molecule is CC(=O)c1nn(CC(=O)N2C3C[C@]3(C)C[C@H]2C(=O)NCc2ncccn2)c2c(C)cc(-c3cnc(C)nc3)cc12. The minimum Gasteiger partial charge on any atom is -0.347 e. The summed E-state index contributed by atoms with van der Waals surface area (Å²) in [5, 5.41) is 8.15. The number of hydrogen-bond donors (Lipinski definition) is 1. The molecule has 40 heavy (non-hydrogen) atoms. The third-order valence-electron chi connectivity index (χ3n) is 8.03. The average Bonchev–Trinajstić information content (AvgIpc) is 3.29. The van der Waals surface area contributed by atoms with E-state index in [4.69, 9.17) is 0 Å². The molecule has 4 heterocycles. The maximum absolute atomic E-state index is 13.8. The van der Waals surface area contributed by atoms with Gasteiger partial charge in [0, 0.05) is 48.7 Å².